The maximum Gasteiger partial charge on any atom is 0.344 e. The summed E-state index contributed by atoms with van der Waals surface area (Å²) in [6, 6.07) is 0. The first-order chi connectivity index (χ1) is 8.90. The molecule has 0 heterocycles. The molecule has 0 saturated heterocycles. The number of carbonyl (C=O) groups is 3. The number of ketones is 1. The van der Waals surface area contributed by atoms with Crippen molar-refractivity contribution in [3.63, 3.8) is 0 Å². The zero-order chi connectivity index (χ0) is 14.8. The first-order valence-electron chi connectivity index (χ1n) is 5.56. The van der Waals surface area contributed by atoms with E-state index < -0.39 is 11.9 Å². The van der Waals surface area contributed by atoms with E-state index in [0.717, 1.165) is 0 Å². The minimum Gasteiger partial charge on any atom is -0.477 e. The van der Waals surface area contributed by atoms with Crippen LogP contribution in [0.2, 0.25) is 0 Å². The molecule has 0 bridgehead atoms. The van der Waals surface area contributed by atoms with Crippen LogP contribution < -0.4 is 5.32 Å². The number of carboxylic acids is 1. The Morgan fingerprint density at radius 3 is 2.32 bits per heavy atom. The van der Waals surface area contributed by atoms with Gasteiger partial charge in [0.1, 0.15) is 14.7 Å². The smallest absolute Gasteiger partial charge is 0.344 e. The van der Waals surface area contributed by atoms with E-state index in [2.05, 4.69) is 37.2 Å². The number of ether oxygens (including phenoxy) is 1. The van der Waals surface area contributed by atoms with E-state index in [1.54, 1.807) is 6.92 Å². The Balaban J connectivity index is 3.85. The molecule has 8 heteroatoms. The van der Waals surface area contributed by atoms with Crippen molar-refractivity contribution in [2.24, 2.45) is 0 Å². The minimum atomic E-state index is -1.24. The first kappa shape index (κ1) is 18.3. The Morgan fingerprint density at radius 1 is 1.16 bits per heavy atom. The third-order valence-electron chi connectivity index (χ3n) is 2.03. The van der Waals surface area contributed by atoms with Crippen LogP contribution in [0.5, 0.6) is 0 Å². The Morgan fingerprint density at radius 2 is 1.79 bits per heavy atom. The molecule has 0 fully saturated rings. The van der Waals surface area contributed by atoms with Gasteiger partial charge in [-0.25, -0.2) is 4.79 Å². The van der Waals surface area contributed by atoms with Gasteiger partial charge >= 0.3 is 5.97 Å². The van der Waals surface area contributed by atoms with Crippen molar-refractivity contribution in [3.05, 3.63) is 8.96 Å². The van der Waals surface area contributed by atoms with Crippen LogP contribution in [0, 0.1) is 0 Å². The maximum absolute atomic E-state index is 11.5. The molecule has 0 aliphatic heterocycles. The van der Waals surface area contributed by atoms with Crippen LogP contribution in [0.1, 0.15) is 19.8 Å². The maximum atomic E-state index is 11.5. The van der Waals surface area contributed by atoms with Crippen molar-refractivity contribution in [1.82, 2.24) is 5.32 Å². The standard InChI is InChI=1S/C11H15Br2NO5/c1-2-7(15)3-5-19-6-4-14-10(16)8(12)9(13)11(17)18/h2-6H2,1H3,(H,14,16)(H,17,18)/b9-8-. The topological polar surface area (TPSA) is 92.7 Å². The highest BCUT2D eigenvalue weighted by molar-refractivity contribution is 9.14. The van der Waals surface area contributed by atoms with Gasteiger partial charge in [0.15, 0.2) is 0 Å². The van der Waals surface area contributed by atoms with Gasteiger partial charge in [-0.15, -0.1) is 0 Å². The normalized spacial score (nSPS) is 11.7. The van der Waals surface area contributed by atoms with Crippen molar-refractivity contribution in [2.75, 3.05) is 19.8 Å². The molecule has 0 saturated carbocycles. The van der Waals surface area contributed by atoms with Crippen molar-refractivity contribution < 1.29 is 24.2 Å². The number of aliphatic carboxylic acids is 1. The number of carboxylic acid groups (broad SMARTS) is 1. The lowest BCUT2D eigenvalue weighted by Crippen LogP contribution is -2.28. The molecule has 0 aromatic heterocycles. The summed E-state index contributed by atoms with van der Waals surface area (Å²) in [6.45, 7) is 2.59. The summed E-state index contributed by atoms with van der Waals surface area (Å²) in [5.74, 6) is -1.67. The second-order valence-corrected chi connectivity index (χ2v) is 5.03. The van der Waals surface area contributed by atoms with E-state index >= 15 is 0 Å². The highest BCUT2D eigenvalue weighted by Gasteiger charge is 2.15. The molecular weight excluding hydrogens is 386 g/mol. The third kappa shape index (κ3) is 8.12. The molecule has 0 spiro atoms. The quantitative estimate of drug-likeness (QED) is 0.452. The van der Waals surface area contributed by atoms with Crippen LogP contribution in [0.25, 0.3) is 0 Å². The summed E-state index contributed by atoms with van der Waals surface area (Å²) in [6.07, 6.45) is 0.847. The summed E-state index contributed by atoms with van der Waals surface area (Å²) >= 11 is 5.64. The Hall–Kier alpha value is -0.730. The molecule has 0 aliphatic rings. The lowest BCUT2D eigenvalue weighted by atomic mass is 10.2. The van der Waals surface area contributed by atoms with Crippen LogP contribution in [-0.2, 0) is 19.1 Å². The number of nitrogens with one attached hydrogen (secondary N) is 1. The number of hydrogen-bond acceptors (Lipinski definition) is 4. The molecular formula is C11H15Br2NO5. The van der Waals surface area contributed by atoms with Crippen molar-refractivity contribution >= 4 is 49.5 Å². The molecule has 0 unspecified atom stereocenters. The fourth-order valence-corrected chi connectivity index (χ4v) is 1.46. The molecule has 0 aromatic carbocycles. The lowest BCUT2D eigenvalue weighted by Gasteiger charge is -2.06. The van der Waals surface area contributed by atoms with E-state index in [0.29, 0.717) is 19.4 Å². The summed E-state index contributed by atoms with van der Waals surface area (Å²) in [5, 5.41) is 11.1. The zero-order valence-electron chi connectivity index (χ0n) is 10.4. The van der Waals surface area contributed by atoms with E-state index in [-0.39, 0.29) is 27.9 Å². The van der Waals surface area contributed by atoms with Gasteiger partial charge in [-0.2, -0.15) is 0 Å². The van der Waals surface area contributed by atoms with E-state index in [4.69, 9.17) is 9.84 Å². The van der Waals surface area contributed by atoms with Crippen LogP contribution in [0.15, 0.2) is 8.96 Å². The first-order valence-corrected chi connectivity index (χ1v) is 7.15. The third-order valence-corrected chi connectivity index (χ3v) is 4.06. The van der Waals surface area contributed by atoms with Gasteiger partial charge in [0.2, 0.25) is 0 Å². The zero-order valence-corrected chi connectivity index (χ0v) is 13.5. The van der Waals surface area contributed by atoms with E-state index in [9.17, 15) is 14.4 Å². The average Bonchev–Trinajstić information content (AvgIpc) is 2.39. The van der Waals surface area contributed by atoms with Gasteiger partial charge in [0.25, 0.3) is 5.91 Å². The van der Waals surface area contributed by atoms with Crippen LogP contribution >= 0.6 is 31.9 Å². The second kappa shape index (κ2) is 10.1. The van der Waals surface area contributed by atoms with Gasteiger partial charge in [0, 0.05) is 19.4 Å². The van der Waals surface area contributed by atoms with Gasteiger partial charge in [-0.1, -0.05) is 6.92 Å². The number of Topliss-reactive ketones (excluding diaryl/α,β-unsaturated/α-hetero) is 1. The molecule has 2 N–H and O–H groups in total. The number of carbonyl (C=O) groups excluding carboxylic acids is 2. The highest BCUT2D eigenvalue weighted by atomic mass is 79.9. The van der Waals surface area contributed by atoms with Crippen LogP contribution in [0.4, 0.5) is 0 Å². The molecule has 0 radical (unpaired) electrons. The van der Waals surface area contributed by atoms with Gasteiger partial charge in [-0.05, 0) is 31.9 Å². The van der Waals surface area contributed by atoms with Crippen LogP contribution in [-0.4, -0.2) is 42.5 Å². The summed E-state index contributed by atoms with van der Waals surface area (Å²) < 4.78 is 4.80. The van der Waals surface area contributed by atoms with Crippen molar-refractivity contribution in [3.8, 4) is 0 Å². The largest absolute Gasteiger partial charge is 0.477 e. The number of halogens is 2. The Kier molecular flexibility index (Phi) is 9.72. The fourth-order valence-electron chi connectivity index (χ4n) is 0.973. The lowest BCUT2D eigenvalue weighted by molar-refractivity contribution is -0.132. The molecule has 1 amide bonds. The Labute approximate surface area is 127 Å². The van der Waals surface area contributed by atoms with Gasteiger partial charge < -0.3 is 15.2 Å². The van der Waals surface area contributed by atoms with Crippen LogP contribution in [0.3, 0.4) is 0 Å². The van der Waals surface area contributed by atoms with E-state index in [1.165, 1.54) is 0 Å². The molecule has 19 heavy (non-hydrogen) atoms. The number of hydrogen-bond donors (Lipinski definition) is 2. The Bertz CT molecular complexity index is 381. The number of amides is 1. The molecule has 108 valence electrons. The summed E-state index contributed by atoms with van der Waals surface area (Å²) in [4.78, 5) is 33.0. The monoisotopic (exact) mass is 399 g/mol. The van der Waals surface area contributed by atoms with Gasteiger partial charge in [0.05, 0.1) is 13.2 Å². The van der Waals surface area contributed by atoms with Gasteiger partial charge in [-0.3, -0.25) is 9.59 Å². The average molecular weight is 401 g/mol. The molecule has 0 aromatic rings. The van der Waals surface area contributed by atoms with E-state index in [1.807, 2.05) is 0 Å². The fraction of sp³-hybridized carbons (Fsp3) is 0.545. The summed E-state index contributed by atoms with van der Waals surface area (Å²) in [5.41, 5.74) is 0. The second-order valence-electron chi connectivity index (χ2n) is 3.44. The summed E-state index contributed by atoms with van der Waals surface area (Å²) in [7, 11) is 0. The van der Waals surface area contributed by atoms with Crippen molar-refractivity contribution in [2.45, 2.75) is 19.8 Å². The number of rotatable bonds is 9. The molecule has 0 aliphatic carbocycles. The van der Waals surface area contributed by atoms with Crippen molar-refractivity contribution in [1.29, 1.82) is 0 Å². The minimum absolute atomic E-state index is 0.0961. The molecule has 0 atom stereocenters. The molecule has 0 rings (SSSR count). The molecule has 6 nitrogen and oxygen atoms in total. The highest BCUT2D eigenvalue weighted by Crippen LogP contribution is 2.17. The predicted molar refractivity (Wildman–Crippen MR) is 76.3 cm³/mol. The predicted octanol–water partition coefficient (Wildman–Crippen LogP) is 1.57. The SMILES string of the molecule is CCC(=O)CCOCCNC(=O)/C(Br)=C(/Br)C(=O)O.